The number of rotatable bonds is 3. The lowest BCUT2D eigenvalue weighted by Gasteiger charge is -2.39. The second kappa shape index (κ2) is 6.06. The van der Waals surface area contributed by atoms with Gasteiger partial charge in [-0.3, -0.25) is 10.00 Å². The van der Waals surface area contributed by atoms with Gasteiger partial charge >= 0.3 is 0 Å². The van der Waals surface area contributed by atoms with E-state index in [0.29, 0.717) is 19.6 Å². The SMILES string of the molecule is C=C1CCc2c1ccc(C1CN(Cc3cn[nH]c3)CCC1(F)F)c2C. The van der Waals surface area contributed by atoms with Crippen LogP contribution in [0.1, 0.15) is 46.6 Å². The highest BCUT2D eigenvalue weighted by Gasteiger charge is 2.45. The summed E-state index contributed by atoms with van der Waals surface area (Å²) in [5.74, 6) is -3.42. The lowest BCUT2D eigenvalue weighted by Crippen LogP contribution is -2.45. The van der Waals surface area contributed by atoms with E-state index in [1.165, 1.54) is 5.56 Å². The fraction of sp³-hybridized carbons (Fsp3) is 0.450. The standard InChI is InChI=1S/C20H23F2N3/c1-13-3-4-17-14(2)18(6-5-16(13)17)19-12-25(8-7-20(19,21)22)11-15-9-23-24-10-15/h5-6,9-10,19H,1,3-4,7-8,11-12H2,2H3,(H,23,24). The number of likely N-dealkylation sites (tertiary alicyclic amines) is 1. The molecule has 1 saturated heterocycles. The third-order valence-electron chi connectivity index (χ3n) is 5.75. The number of piperidine rings is 1. The molecule has 1 N–H and O–H groups in total. The van der Waals surface area contributed by atoms with Crippen LogP contribution in [-0.4, -0.2) is 34.1 Å². The number of benzene rings is 1. The van der Waals surface area contributed by atoms with E-state index in [1.807, 2.05) is 25.3 Å². The zero-order chi connectivity index (χ0) is 17.6. The maximum atomic E-state index is 14.8. The molecule has 0 bridgehead atoms. The van der Waals surface area contributed by atoms with E-state index >= 15 is 0 Å². The summed E-state index contributed by atoms with van der Waals surface area (Å²) in [7, 11) is 0. The molecule has 25 heavy (non-hydrogen) atoms. The average molecular weight is 343 g/mol. The Kier molecular flexibility index (Phi) is 3.99. The molecule has 0 amide bonds. The number of allylic oxidation sites excluding steroid dienone is 1. The first-order valence-corrected chi connectivity index (χ1v) is 8.84. The number of H-pyrrole nitrogens is 1. The zero-order valence-electron chi connectivity index (χ0n) is 14.5. The smallest absolute Gasteiger partial charge is 0.257 e. The predicted molar refractivity (Wildman–Crippen MR) is 94.7 cm³/mol. The number of alkyl halides is 2. The van der Waals surface area contributed by atoms with E-state index in [9.17, 15) is 8.78 Å². The van der Waals surface area contributed by atoms with E-state index in [0.717, 1.165) is 40.7 Å². The second-order valence-corrected chi connectivity index (χ2v) is 7.31. The molecular formula is C20H23F2N3. The fourth-order valence-electron chi connectivity index (χ4n) is 4.27. The van der Waals surface area contributed by atoms with E-state index in [1.54, 1.807) is 6.20 Å². The highest BCUT2D eigenvalue weighted by atomic mass is 19.3. The quantitative estimate of drug-likeness (QED) is 0.901. The van der Waals surface area contributed by atoms with Gasteiger partial charge in [0.25, 0.3) is 5.92 Å². The van der Waals surface area contributed by atoms with Crippen molar-refractivity contribution in [3.8, 4) is 0 Å². The highest BCUT2D eigenvalue weighted by Crippen LogP contribution is 2.44. The number of aromatic nitrogens is 2. The molecule has 132 valence electrons. The first-order chi connectivity index (χ1) is 12.0. The van der Waals surface area contributed by atoms with Crippen molar-refractivity contribution in [3.63, 3.8) is 0 Å². The van der Waals surface area contributed by atoms with Gasteiger partial charge < -0.3 is 0 Å². The lowest BCUT2D eigenvalue weighted by molar-refractivity contribution is -0.0774. The van der Waals surface area contributed by atoms with Crippen molar-refractivity contribution in [1.82, 2.24) is 15.1 Å². The molecule has 1 aromatic heterocycles. The molecule has 4 rings (SSSR count). The first kappa shape index (κ1) is 16.5. The molecule has 3 nitrogen and oxygen atoms in total. The van der Waals surface area contributed by atoms with Crippen LogP contribution in [0.25, 0.3) is 5.57 Å². The molecule has 0 radical (unpaired) electrons. The van der Waals surface area contributed by atoms with Crippen LogP contribution in [0, 0.1) is 6.92 Å². The molecule has 0 saturated carbocycles. The Morgan fingerprint density at radius 2 is 2.20 bits per heavy atom. The number of fused-ring (bicyclic) bond motifs is 1. The number of nitrogens with zero attached hydrogens (tertiary/aromatic N) is 2. The summed E-state index contributed by atoms with van der Waals surface area (Å²) >= 11 is 0. The molecule has 0 spiro atoms. The van der Waals surface area contributed by atoms with Gasteiger partial charge in [-0.1, -0.05) is 18.7 Å². The van der Waals surface area contributed by atoms with Crippen molar-refractivity contribution in [2.75, 3.05) is 13.1 Å². The van der Waals surface area contributed by atoms with Crippen molar-refractivity contribution in [3.05, 3.63) is 58.9 Å². The summed E-state index contributed by atoms with van der Waals surface area (Å²) in [6.45, 7) is 7.54. The van der Waals surface area contributed by atoms with Crippen molar-refractivity contribution >= 4 is 5.57 Å². The average Bonchev–Trinajstić information content (AvgIpc) is 3.21. The largest absolute Gasteiger partial charge is 0.298 e. The topological polar surface area (TPSA) is 31.9 Å². The van der Waals surface area contributed by atoms with E-state index in [-0.39, 0.29) is 6.42 Å². The highest BCUT2D eigenvalue weighted by molar-refractivity contribution is 5.72. The van der Waals surface area contributed by atoms with Gasteiger partial charge in [0.15, 0.2) is 0 Å². The van der Waals surface area contributed by atoms with Gasteiger partial charge in [-0.05, 0) is 47.6 Å². The molecule has 1 aliphatic heterocycles. The maximum Gasteiger partial charge on any atom is 0.257 e. The first-order valence-electron chi connectivity index (χ1n) is 8.84. The molecule has 1 aromatic carbocycles. The molecule has 2 aromatic rings. The molecule has 2 heterocycles. The van der Waals surface area contributed by atoms with Crippen LogP contribution >= 0.6 is 0 Å². The molecule has 5 heteroatoms. The number of halogens is 2. The Morgan fingerprint density at radius 3 is 2.96 bits per heavy atom. The fourth-order valence-corrected chi connectivity index (χ4v) is 4.27. The summed E-state index contributed by atoms with van der Waals surface area (Å²) in [6.07, 6.45) is 5.35. The maximum absolute atomic E-state index is 14.8. The van der Waals surface area contributed by atoms with Crippen molar-refractivity contribution in [2.24, 2.45) is 0 Å². The van der Waals surface area contributed by atoms with Crippen molar-refractivity contribution in [2.45, 2.75) is 44.6 Å². The number of hydrogen-bond donors (Lipinski definition) is 1. The zero-order valence-corrected chi connectivity index (χ0v) is 14.5. The Balaban J connectivity index is 1.64. The molecule has 1 atom stereocenters. The third kappa shape index (κ3) is 2.91. The van der Waals surface area contributed by atoms with Crippen LogP contribution in [0.3, 0.4) is 0 Å². The van der Waals surface area contributed by atoms with Crippen LogP contribution < -0.4 is 0 Å². The monoisotopic (exact) mass is 343 g/mol. The summed E-state index contributed by atoms with van der Waals surface area (Å²) in [6, 6.07) is 3.91. The van der Waals surface area contributed by atoms with Gasteiger partial charge in [0.2, 0.25) is 0 Å². The third-order valence-corrected chi connectivity index (χ3v) is 5.75. The summed E-state index contributed by atoms with van der Waals surface area (Å²) in [5.41, 5.74) is 6.37. The van der Waals surface area contributed by atoms with Crippen LogP contribution in [0.4, 0.5) is 8.78 Å². The van der Waals surface area contributed by atoms with E-state index in [2.05, 4.69) is 21.7 Å². The summed E-state index contributed by atoms with van der Waals surface area (Å²) < 4.78 is 29.5. The Bertz CT molecular complexity index is 796. The molecular weight excluding hydrogens is 320 g/mol. The second-order valence-electron chi connectivity index (χ2n) is 7.31. The van der Waals surface area contributed by atoms with Gasteiger partial charge in [-0.2, -0.15) is 5.10 Å². The van der Waals surface area contributed by atoms with Gasteiger partial charge in [0.1, 0.15) is 0 Å². The van der Waals surface area contributed by atoms with Crippen molar-refractivity contribution < 1.29 is 8.78 Å². The molecule has 2 aliphatic rings. The minimum Gasteiger partial charge on any atom is -0.298 e. The Labute approximate surface area is 146 Å². The molecule has 1 aliphatic carbocycles. The molecule has 1 fully saturated rings. The van der Waals surface area contributed by atoms with Crippen LogP contribution in [0.15, 0.2) is 31.1 Å². The Hall–Kier alpha value is -2.01. The van der Waals surface area contributed by atoms with Crippen molar-refractivity contribution in [1.29, 1.82) is 0 Å². The van der Waals surface area contributed by atoms with Gasteiger partial charge in [0, 0.05) is 37.8 Å². The van der Waals surface area contributed by atoms with Crippen LogP contribution in [-0.2, 0) is 13.0 Å². The normalized spacial score (nSPS) is 23.0. The minimum atomic E-state index is -2.67. The van der Waals surface area contributed by atoms with Crippen LogP contribution in [0.2, 0.25) is 0 Å². The van der Waals surface area contributed by atoms with Gasteiger partial charge in [0.05, 0.1) is 12.1 Å². The summed E-state index contributed by atoms with van der Waals surface area (Å²) in [5, 5.41) is 6.73. The van der Waals surface area contributed by atoms with Crippen LogP contribution in [0.5, 0.6) is 0 Å². The van der Waals surface area contributed by atoms with E-state index in [4.69, 9.17) is 0 Å². The predicted octanol–water partition coefficient (Wildman–Crippen LogP) is 4.30. The lowest BCUT2D eigenvalue weighted by atomic mass is 9.82. The van der Waals surface area contributed by atoms with Gasteiger partial charge in [-0.25, -0.2) is 8.78 Å². The number of hydrogen-bond acceptors (Lipinski definition) is 2. The number of aromatic amines is 1. The van der Waals surface area contributed by atoms with E-state index < -0.39 is 11.8 Å². The Morgan fingerprint density at radius 1 is 1.36 bits per heavy atom. The number of nitrogens with one attached hydrogen (secondary N) is 1. The minimum absolute atomic E-state index is 0.0985. The summed E-state index contributed by atoms with van der Waals surface area (Å²) in [4.78, 5) is 2.11. The molecule has 1 unspecified atom stereocenters. The van der Waals surface area contributed by atoms with Gasteiger partial charge in [-0.15, -0.1) is 0 Å².